The van der Waals surface area contributed by atoms with Gasteiger partial charge in [-0.25, -0.2) is 9.97 Å². The lowest BCUT2D eigenvalue weighted by Crippen LogP contribution is -2.42. The second kappa shape index (κ2) is 6.04. The highest BCUT2D eigenvalue weighted by atomic mass is 79.9. The van der Waals surface area contributed by atoms with Crippen molar-refractivity contribution in [3.63, 3.8) is 0 Å². The van der Waals surface area contributed by atoms with Crippen LogP contribution in [0.15, 0.2) is 41.3 Å². The lowest BCUT2D eigenvalue weighted by Gasteiger charge is -2.35. The van der Waals surface area contributed by atoms with Crippen LogP contribution in [0.4, 0.5) is 0 Å². The number of hydrogen-bond donors (Lipinski definition) is 0. The lowest BCUT2D eigenvalue weighted by molar-refractivity contribution is -0.134. The Morgan fingerprint density at radius 1 is 1.26 bits per heavy atom. The van der Waals surface area contributed by atoms with Crippen LogP contribution in [0.3, 0.4) is 0 Å². The summed E-state index contributed by atoms with van der Waals surface area (Å²) in [5, 5.41) is 0. The highest BCUT2D eigenvalue weighted by molar-refractivity contribution is 9.10. The second-order valence-electron chi connectivity index (χ2n) is 6.30. The van der Waals surface area contributed by atoms with Gasteiger partial charge >= 0.3 is 0 Å². The van der Waals surface area contributed by atoms with Crippen LogP contribution in [0.2, 0.25) is 0 Å². The largest absolute Gasteiger partial charge is 0.332 e. The summed E-state index contributed by atoms with van der Waals surface area (Å²) >= 11 is 3.44. The van der Waals surface area contributed by atoms with Crippen LogP contribution in [0.1, 0.15) is 42.1 Å². The first-order valence-corrected chi connectivity index (χ1v) is 8.86. The lowest BCUT2D eigenvalue weighted by atomic mass is 9.98. The van der Waals surface area contributed by atoms with E-state index in [1.54, 1.807) is 6.33 Å². The number of benzene rings is 1. The zero-order valence-corrected chi connectivity index (χ0v) is 14.4. The number of rotatable bonds is 3. The van der Waals surface area contributed by atoms with Crippen LogP contribution < -0.4 is 0 Å². The van der Waals surface area contributed by atoms with Gasteiger partial charge < -0.3 is 4.90 Å². The number of fused-ring (bicyclic) bond motifs is 4. The molecule has 1 saturated heterocycles. The summed E-state index contributed by atoms with van der Waals surface area (Å²) in [5.74, 6) is 0.259. The van der Waals surface area contributed by atoms with E-state index in [2.05, 4.69) is 42.9 Å². The third-order valence-corrected chi connectivity index (χ3v) is 5.48. The molecule has 3 heterocycles. The SMILES string of the molecule is O=C(CCc1ccc(Br)cc1)N1C2CCC1c1cncnc1C2. The molecule has 2 atom stereocenters. The van der Waals surface area contributed by atoms with E-state index in [0.29, 0.717) is 12.5 Å². The maximum absolute atomic E-state index is 12.8. The maximum atomic E-state index is 12.8. The molecule has 1 fully saturated rings. The highest BCUT2D eigenvalue weighted by Gasteiger charge is 2.42. The number of nitrogens with zero attached hydrogens (tertiary/aromatic N) is 3. The third kappa shape index (κ3) is 2.78. The summed E-state index contributed by atoms with van der Waals surface area (Å²) in [6.07, 6.45) is 7.85. The molecular formula is C18H18BrN3O. The van der Waals surface area contributed by atoms with Gasteiger partial charge in [0.05, 0.1) is 11.7 Å². The first-order chi connectivity index (χ1) is 11.2. The van der Waals surface area contributed by atoms with E-state index in [1.165, 1.54) is 5.56 Å². The van der Waals surface area contributed by atoms with Crippen molar-refractivity contribution in [2.45, 2.75) is 44.2 Å². The van der Waals surface area contributed by atoms with Gasteiger partial charge in [-0.05, 0) is 37.0 Å². The summed E-state index contributed by atoms with van der Waals surface area (Å²) in [6, 6.07) is 8.70. The van der Waals surface area contributed by atoms with Crippen molar-refractivity contribution in [1.29, 1.82) is 0 Å². The Morgan fingerprint density at radius 2 is 2.09 bits per heavy atom. The van der Waals surface area contributed by atoms with Crippen molar-refractivity contribution < 1.29 is 4.79 Å². The smallest absolute Gasteiger partial charge is 0.223 e. The molecule has 0 aliphatic carbocycles. The Labute approximate surface area is 144 Å². The van der Waals surface area contributed by atoms with Crippen LogP contribution in [0.25, 0.3) is 0 Å². The molecule has 1 amide bonds. The predicted molar refractivity (Wildman–Crippen MR) is 90.8 cm³/mol. The Kier molecular flexibility index (Phi) is 3.89. The molecule has 1 aromatic heterocycles. The number of carbonyl (C=O) groups is 1. The molecule has 0 spiro atoms. The van der Waals surface area contributed by atoms with Gasteiger partial charge in [-0.1, -0.05) is 28.1 Å². The highest BCUT2D eigenvalue weighted by Crippen LogP contribution is 2.43. The first kappa shape index (κ1) is 14.8. The molecule has 2 bridgehead atoms. The molecule has 4 rings (SSSR count). The molecule has 5 heteroatoms. The number of carbonyl (C=O) groups excluding carboxylic acids is 1. The van der Waals surface area contributed by atoms with Crippen molar-refractivity contribution in [1.82, 2.24) is 14.9 Å². The van der Waals surface area contributed by atoms with Gasteiger partial charge in [0.25, 0.3) is 0 Å². The second-order valence-corrected chi connectivity index (χ2v) is 7.22. The van der Waals surface area contributed by atoms with Crippen molar-refractivity contribution in [2.75, 3.05) is 0 Å². The average molecular weight is 372 g/mol. The standard InChI is InChI=1S/C18H18BrN3O/c19-13-4-1-12(2-5-13)3-8-18(23)22-14-6-7-17(22)15-10-20-11-21-16(15)9-14/h1-2,4-5,10-11,14,17H,3,6-9H2. The molecule has 2 aliphatic heterocycles. The van der Waals surface area contributed by atoms with Crippen molar-refractivity contribution >= 4 is 21.8 Å². The van der Waals surface area contributed by atoms with Gasteiger partial charge in [0.15, 0.2) is 0 Å². The van der Waals surface area contributed by atoms with Gasteiger partial charge in [0.1, 0.15) is 6.33 Å². The minimum absolute atomic E-state index is 0.183. The monoisotopic (exact) mass is 371 g/mol. The van der Waals surface area contributed by atoms with E-state index in [1.807, 2.05) is 18.3 Å². The number of aromatic nitrogens is 2. The van der Waals surface area contributed by atoms with Crippen LogP contribution in [0, 0.1) is 0 Å². The molecule has 1 aromatic carbocycles. The van der Waals surface area contributed by atoms with Gasteiger partial charge in [-0.3, -0.25) is 4.79 Å². The Balaban J connectivity index is 1.48. The van der Waals surface area contributed by atoms with Crippen LogP contribution in [-0.4, -0.2) is 26.8 Å². The van der Waals surface area contributed by atoms with Gasteiger partial charge in [0.2, 0.25) is 5.91 Å². The molecule has 0 saturated carbocycles. The molecule has 0 radical (unpaired) electrons. The maximum Gasteiger partial charge on any atom is 0.223 e. The number of hydrogen-bond acceptors (Lipinski definition) is 3. The number of aryl methyl sites for hydroxylation is 1. The zero-order chi connectivity index (χ0) is 15.8. The van der Waals surface area contributed by atoms with E-state index in [0.717, 1.165) is 41.4 Å². The summed E-state index contributed by atoms with van der Waals surface area (Å²) in [5.41, 5.74) is 3.48. The fourth-order valence-electron chi connectivity index (χ4n) is 3.84. The fraction of sp³-hybridized carbons (Fsp3) is 0.389. The molecule has 0 N–H and O–H groups in total. The summed E-state index contributed by atoms with van der Waals surface area (Å²) in [6.45, 7) is 0. The third-order valence-electron chi connectivity index (χ3n) is 4.95. The van der Waals surface area contributed by atoms with Crippen LogP contribution in [0.5, 0.6) is 0 Å². The summed E-state index contributed by atoms with van der Waals surface area (Å²) in [4.78, 5) is 23.4. The van der Waals surface area contributed by atoms with E-state index >= 15 is 0 Å². The van der Waals surface area contributed by atoms with E-state index in [-0.39, 0.29) is 11.9 Å². The minimum atomic E-state index is 0.183. The topological polar surface area (TPSA) is 46.1 Å². The van der Waals surface area contributed by atoms with Crippen LogP contribution in [-0.2, 0) is 17.6 Å². The molecule has 4 nitrogen and oxygen atoms in total. The summed E-state index contributed by atoms with van der Waals surface area (Å²) in [7, 11) is 0. The average Bonchev–Trinajstić information content (AvgIpc) is 2.89. The normalized spacial score (nSPS) is 22.0. The fourth-order valence-corrected chi connectivity index (χ4v) is 4.10. The Hall–Kier alpha value is -1.75. The Morgan fingerprint density at radius 3 is 2.91 bits per heavy atom. The van der Waals surface area contributed by atoms with Gasteiger partial charge in [0, 0.05) is 35.1 Å². The predicted octanol–water partition coefficient (Wildman–Crippen LogP) is 3.46. The van der Waals surface area contributed by atoms with Gasteiger partial charge in [-0.15, -0.1) is 0 Å². The first-order valence-electron chi connectivity index (χ1n) is 8.07. The quantitative estimate of drug-likeness (QED) is 0.829. The van der Waals surface area contributed by atoms with Crippen molar-refractivity contribution in [3.8, 4) is 0 Å². The number of amides is 1. The van der Waals surface area contributed by atoms with E-state index in [4.69, 9.17) is 0 Å². The van der Waals surface area contributed by atoms with Crippen molar-refractivity contribution in [3.05, 3.63) is 58.1 Å². The molecule has 23 heavy (non-hydrogen) atoms. The van der Waals surface area contributed by atoms with Crippen LogP contribution >= 0.6 is 15.9 Å². The van der Waals surface area contributed by atoms with Crippen molar-refractivity contribution in [2.24, 2.45) is 0 Å². The summed E-state index contributed by atoms with van der Waals surface area (Å²) < 4.78 is 1.07. The Bertz CT molecular complexity index is 731. The molecule has 118 valence electrons. The molecular weight excluding hydrogens is 354 g/mol. The van der Waals surface area contributed by atoms with Gasteiger partial charge in [-0.2, -0.15) is 0 Å². The number of halogens is 1. The van der Waals surface area contributed by atoms with E-state index in [9.17, 15) is 4.79 Å². The molecule has 2 aromatic rings. The minimum Gasteiger partial charge on any atom is -0.332 e. The zero-order valence-electron chi connectivity index (χ0n) is 12.8. The molecule has 2 aliphatic rings. The van der Waals surface area contributed by atoms with E-state index < -0.39 is 0 Å². The molecule has 2 unspecified atom stereocenters.